The lowest BCUT2D eigenvalue weighted by atomic mass is 10.3. The van der Waals surface area contributed by atoms with Gasteiger partial charge in [-0.05, 0) is 17.4 Å². The lowest BCUT2D eigenvalue weighted by molar-refractivity contribution is -0.755. The topological polar surface area (TPSA) is 58.2 Å². The molecule has 6 heteroatoms. The van der Waals surface area contributed by atoms with Crippen LogP contribution in [0.1, 0.15) is 13.3 Å². The largest absolute Gasteiger partial charge is 0.380 e. The van der Waals surface area contributed by atoms with Crippen molar-refractivity contribution in [3.8, 4) is 0 Å². The lowest BCUT2D eigenvalue weighted by Crippen LogP contribution is -2.57. The number of benzene rings is 1. The van der Waals surface area contributed by atoms with Crippen LogP contribution in [-0.4, -0.2) is 6.54 Å². The normalized spacial score (nSPS) is 10.5. The van der Waals surface area contributed by atoms with Gasteiger partial charge in [0.1, 0.15) is 0 Å². The summed E-state index contributed by atoms with van der Waals surface area (Å²) in [6.07, 6.45) is 2.47. The van der Waals surface area contributed by atoms with Crippen molar-refractivity contribution in [2.45, 2.75) is 13.3 Å². The standard InChI is InChI=1S/C11H13ClN4O/c1-2-7-15(16-8-11(13)17-14-16)10-5-3-9(12)4-6-10/h3-6,8,13H,2,7H2,1H3. The third-order valence-electron chi connectivity index (χ3n) is 2.26. The van der Waals surface area contributed by atoms with Crippen molar-refractivity contribution in [3.05, 3.63) is 41.0 Å². The molecule has 5 nitrogen and oxygen atoms in total. The average Bonchev–Trinajstić information content (AvgIpc) is 2.74. The van der Waals surface area contributed by atoms with Crippen LogP contribution < -0.4 is 20.6 Å². The Morgan fingerprint density at radius 3 is 2.65 bits per heavy atom. The first-order valence-corrected chi connectivity index (χ1v) is 5.72. The summed E-state index contributed by atoms with van der Waals surface area (Å²) < 4.78 is 4.75. The molecule has 0 bridgehead atoms. The zero-order valence-corrected chi connectivity index (χ0v) is 10.2. The van der Waals surface area contributed by atoms with Gasteiger partial charge in [-0.1, -0.05) is 41.9 Å². The van der Waals surface area contributed by atoms with Gasteiger partial charge in [0.2, 0.25) is 0 Å². The molecule has 17 heavy (non-hydrogen) atoms. The van der Waals surface area contributed by atoms with Crippen LogP contribution in [0.15, 0.2) is 35.0 Å². The lowest BCUT2D eigenvalue weighted by Gasteiger charge is -2.22. The Balaban J connectivity index is 2.34. The molecule has 0 aliphatic carbocycles. The Hall–Kier alpha value is -1.75. The predicted molar refractivity (Wildman–Crippen MR) is 62.6 cm³/mol. The molecular formula is C11H13ClN4O. The number of rotatable bonds is 4. The second-order valence-electron chi connectivity index (χ2n) is 3.59. The third kappa shape index (κ3) is 2.68. The van der Waals surface area contributed by atoms with Gasteiger partial charge in [0.05, 0.1) is 0 Å². The second-order valence-corrected chi connectivity index (χ2v) is 4.02. The number of halogens is 1. The van der Waals surface area contributed by atoms with Crippen LogP contribution >= 0.6 is 11.6 Å². The minimum atomic E-state index is 0.0278. The Morgan fingerprint density at radius 2 is 2.12 bits per heavy atom. The van der Waals surface area contributed by atoms with Crippen molar-refractivity contribution < 1.29 is 9.31 Å². The molecule has 0 saturated carbocycles. The summed E-state index contributed by atoms with van der Waals surface area (Å²) in [7, 11) is 0. The highest BCUT2D eigenvalue weighted by Crippen LogP contribution is 2.16. The molecule has 0 unspecified atom stereocenters. The highest BCUT2D eigenvalue weighted by Gasteiger charge is 2.09. The van der Waals surface area contributed by atoms with Gasteiger partial charge in [-0.15, -0.1) is 0 Å². The summed E-state index contributed by atoms with van der Waals surface area (Å²) in [6.45, 7) is 2.85. The highest BCUT2D eigenvalue weighted by atomic mass is 35.5. The first kappa shape index (κ1) is 11.7. The zero-order valence-electron chi connectivity index (χ0n) is 9.43. The van der Waals surface area contributed by atoms with Gasteiger partial charge in [-0.2, -0.15) is 0 Å². The minimum absolute atomic E-state index is 0.0278. The predicted octanol–water partition coefficient (Wildman–Crippen LogP) is 1.34. The van der Waals surface area contributed by atoms with Gasteiger partial charge < -0.3 is 4.52 Å². The van der Waals surface area contributed by atoms with Crippen LogP contribution in [0, 0.1) is 5.41 Å². The van der Waals surface area contributed by atoms with Gasteiger partial charge in [-0.25, -0.2) is 5.01 Å². The molecule has 0 spiro atoms. The SMILES string of the molecule is CCCN(c1ccc(Cl)cc1)[n+]1cc(=N)o[n-]1. The fourth-order valence-electron chi connectivity index (χ4n) is 1.53. The molecule has 0 aliphatic heterocycles. The van der Waals surface area contributed by atoms with Gasteiger partial charge in [0.25, 0.3) is 11.8 Å². The number of hydrogen-bond acceptors (Lipinski definition) is 3. The highest BCUT2D eigenvalue weighted by molar-refractivity contribution is 6.30. The summed E-state index contributed by atoms with van der Waals surface area (Å²) in [4.78, 5) is 1.52. The van der Waals surface area contributed by atoms with E-state index in [0.29, 0.717) is 5.02 Å². The van der Waals surface area contributed by atoms with E-state index in [2.05, 4.69) is 12.2 Å². The van der Waals surface area contributed by atoms with Crippen LogP contribution in [0.4, 0.5) is 5.69 Å². The molecule has 2 aromatic rings. The van der Waals surface area contributed by atoms with E-state index < -0.39 is 0 Å². The van der Waals surface area contributed by atoms with E-state index in [0.717, 1.165) is 18.7 Å². The van der Waals surface area contributed by atoms with Crippen molar-refractivity contribution in [1.82, 2.24) is 5.27 Å². The summed E-state index contributed by atoms with van der Waals surface area (Å²) in [5.41, 5.74) is 0.981. The molecule has 0 aliphatic rings. The van der Waals surface area contributed by atoms with Gasteiger partial charge in [0, 0.05) is 17.3 Å². The van der Waals surface area contributed by atoms with E-state index >= 15 is 0 Å². The van der Waals surface area contributed by atoms with Crippen molar-refractivity contribution >= 4 is 17.3 Å². The van der Waals surface area contributed by atoms with Gasteiger partial charge in [0.15, 0.2) is 0 Å². The third-order valence-corrected chi connectivity index (χ3v) is 2.51. The Bertz CT molecular complexity index is 531. The smallest absolute Gasteiger partial charge is 0.286 e. The molecule has 0 radical (unpaired) electrons. The monoisotopic (exact) mass is 252 g/mol. The number of hydrogen-bond donors (Lipinski definition) is 1. The van der Waals surface area contributed by atoms with E-state index in [4.69, 9.17) is 21.5 Å². The molecule has 1 aromatic carbocycles. The van der Waals surface area contributed by atoms with E-state index in [1.807, 2.05) is 29.3 Å². The number of anilines is 1. The average molecular weight is 253 g/mol. The first-order valence-electron chi connectivity index (χ1n) is 5.34. The van der Waals surface area contributed by atoms with Crippen LogP contribution in [0.3, 0.4) is 0 Å². The molecule has 0 fully saturated rings. The second kappa shape index (κ2) is 5.05. The maximum Gasteiger partial charge on any atom is 0.286 e. The molecule has 0 atom stereocenters. The molecule has 1 N–H and O–H groups in total. The maximum absolute atomic E-state index is 7.34. The molecule has 1 aromatic heterocycles. The van der Waals surface area contributed by atoms with Gasteiger partial charge in [-0.3, -0.25) is 5.41 Å². The molecular weight excluding hydrogens is 240 g/mol. The van der Waals surface area contributed by atoms with Crippen LogP contribution in [0.25, 0.3) is 0 Å². The van der Waals surface area contributed by atoms with Gasteiger partial charge >= 0.3 is 0 Å². The molecule has 90 valence electrons. The number of aromatic nitrogens is 2. The Kier molecular flexibility index (Phi) is 3.49. The maximum atomic E-state index is 7.34. The van der Waals surface area contributed by atoms with Crippen molar-refractivity contribution in [2.75, 3.05) is 11.6 Å². The van der Waals surface area contributed by atoms with Crippen molar-refractivity contribution in [1.29, 1.82) is 5.41 Å². The van der Waals surface area contributed by atoms with E-state index in [1.165, 1.54) is 11.0 Å². The van der Waals surface area contributed by atoms with Crippen LogP contribution in [0.5, 0.6) is 0 Å². The van der Waals surface area contributed by atoms with E-state index in [9.17, 15) is 0 Å². The first-order chi connectivity index (χ1) is 8.20. The van der Waals surface area contributed by atoms with Crippen molar-refractivity contribution in [3.63, 3.8) is 0 Å². The van der Waals surface area contributed by atoms with Crippen molar-refractivity contribution in [2.24, 2.45) is 0 Å². The van der Waals surface area contributed by atoms with Crippen LogP contribution in [-0.2, 0) is 0 Å². The number of nitrogens with zero attached hydrogens (tertiary/aromatic N) is 3. The summed E-state index contributed by atoms with van der Waals surface area (Å²) in [6, 6.07) is 7.45. The minimum Gasteiger partial charge on any atom is -0.380 e. The van der Waals surface area contributed by atoms with E-state index in [-0.39, 0.29) is 5.55 Å². The zero-order chi connectivity index (χ0) is 12.3. The molecule has 2 rings (SSSR count). The van der Waals surface area contributed by atoms with E-state index in [1.54, 1.807) is 0 Å². The molecule has 0 saturated heterocycles. The fourth-order valence-corrected chi connectivity index (χ4v) is 1.65. The Morgan fingerprint density at radius 1 is 1.41 bits per heavy atom. The summed E-state index contributed by atoms with van der Waals surface area (Å²) >= 11 is 5.85. The number of nitrogens with one attached hydrogen (secondary N) is 1. The van der Waals surface area contributed by atoms with Crippen LogP contribution in [0.2, 0.25) is 5.02 Å². The molecule has 0 amide bonds. The fraction of sp³-hybridized carbons (Fsp3) is 0.273. The Labute approximate surface area is 104 Å². The summed E-state index contributed by atoms with van der Waals surface area (Å²) in [5.74, 6) is 0. The quantitative estimate of drug-likeness (QED) is 0.836. The molecule has 1 heterocycles. The summed E-state index contributed by atoms with van der Waals surface area (Å²) in [5, 5.41) is 13.7.